The van der Waals surface area contributed by atoms with Crippen molar-refractivity contribution < 1.29 is 22.8 Å². The quantitative estimate of drug-likeness (QED) is 0.843. The molecule has 1 atom stereocenters. The Balaban J connectivity index is 2.27. The summed E-state index contributed by atoms with van der Waals surface area (Å²) >= 11 is 0. The second-order valence-corrected chi connectivity index (χ2v) is 4.26. The molecule has 0 aromatic heterocycles. The lowest BCUT2D eigenvalue weighted by atomic mass is 10.1. The Kier molecular flexibility index (Phi) is 3.21. The van der Waals surface area contributed by atoms with E-state index in [2.05, 4.69) is 5.32 Å². The smallest absolute Gasteiger partial charge is 0.343 e. The number of piperazine rings is 1. The molecule has 1 aromatic rings. The Morgan fingerprint density at radius 1 is 1.21 bits per heavy atom. The van der Waals surface area contributed by atoms with Gasteiger partial charge in [0.15, 0.2) is 0 Å². The van der Waals surface area contributed by atoms with Gasteiger partial charge in [0.25, 0.3) is 0 Å². The van der Waals surface area contributed by atoms with Crippen molar-refractivity contribution in [3.05, 3.63) is 29.8 Å². The average Bonchev–Trinajstić information content (AvgIpc) is 2.33. The van der Waals surface area contributed by atoms with E-state index in [0.717, 1.165) is 12.1 Å². The standard InChI is InChI=1S/C12H11F3N2O2/c1-7-11(19)17(6-10(18)16-7)9-4-2-8(3-5-9)12(13,14)15/h2-5,7H,6H2,1H3,(H,16,18). The Labute approximate surface area is 107 Å². The predicted octanol–water partition coefficient (Wildman–Crippen LogP) is 1.56. The first-order valence-electron chi connectivity index (χ1n) is 5.57. The highest BCUT2D eigenvalue weighted by Crippen LogP contribution is 2.30. The maximum atomic E-state index is 12.4. The zero-order valence-electron chi connectivity index (χ0n) is 9.99. The summed E-state index contributed by atoms with van der Waals surface area (Å²) in [5.74, 6) is -0.689. The van der Waals surface area contributed by atoms with Crippen LogP contribution in [-0.2, 0) is 15.8 Å². The average molecular weight is 272 g/mol. The third kappa shape index (κ3) is 2.69. The molecule has 102 valence electrons. The summed E-state index contributed by atoms with van der Waals surface area (Å²) in [6.07, 6.45) is -4.42. The first kappa shape index (κ1) is 13.4. The number of alkyl halides is 3. The van der Waals surface area contributed by atoms with Crippen LogP contribution in [0, 0.1) is 0 Å². The van der Waals surface area contributed by atoms with Crippen LogP contribution in [0.25, 0.3) is 0 Å². The van der Waals surface area contributed by atoms with E-state index in [1.54, 1.807) is 0 Å². The van der Waals surface area contributed by atoms with Gasteiger partial charge in [-0.3, -0.25) is 9.59 Å². The molecule has 2 amide bonds. The number of halogens is 3. The summed E-state index contributed by atoms with van der Waals surface area (Å²) in [4.78, 5) is 24.4. The van der Waals surface area contributed by atoms with Gasteiger partial charge in [-0.05, 0) is 31.2 Å². The molecule has 1 unspecified atom stereocenters. The highest BCUT2D eigenvalue weighted by molar-refractivity contribution is 6.06. The molecule has 1 fully saturated rings. The minimum absolute atomic E-state index is 0.186. The number of rotatable bonds is 1. The molecule has 1 N–H and O–H groups in total. The zero-order chi connectivity index (χ0) is 14.2. The van der Waals surface area contributed by atoms with E-state index >= 15 is 0 Å². The normalized spacial score (nSPS) is 20.4. The third-order valence-corrected chi connectivity index (χ3v) is 2.82. The van der Waals surface area contributed by atoms with Gasteiger partial charge in [-0.2, -0.15) is 13.2 Å². The summed E-state index contributed by atoms with van der Waals surface area (Å²) in [6.45, 7) is 1.34. The lowest BCUT2D eigenvalue weighted by molar-refractivity contribution is -0.137. The van der Waals surface area contributed by atoms with E-state index in [1.807, 2.05) is 0 Å². The lowest BCUT2D eigenvalue weighted by Crippen LogP contribution is -2.57. The van der Waals surface area contributed by atoms with Crippen molar-refractivity contribution >= 4 is 17.5 Å². The molecule has 2 rings (SSSR count). The molecule has 0 spiro atoms. The number of hydrogen-bond acceptors (Lipinski definition) is 2. The second kappa shape index (κ2) is 4.56. The molecule has 19 heavy (non-hydrogen) atoms. The molecule has 7 heteroatoms. The van der Waals surface area contributed by atoms with Crippen LogP contribution in [0.2, 0.25) is 0 Å². The van der Waals surface area contributed by atoms with Gasteiger partial charge in [0.2, 0.25) is 11.8 Å². The van der Waals surface area contributed by atoms with E-state index < -0.39 is 17.8 Å². The van der Waals surface area contributed by atoms with Crippen molar-refractivity contribution in [2.45, 2.75) is 19.1 Å². The van der Waals surface area contributed by atoms with Gasteiger partial charge in [0, 0.05) is 5.69 Å². The van der Waals surface area contributed by atoms with Crippen LogP contribution in [0.4, 0.5) is 18.9 Å². The van der Waals surface area contributed by atoms with Crippen LogP contribution in [0.15, 0.2) is 24.3 Å². The number of benzene rings is 1. The first-order chi connectivity index (χ1) is 8.79. The van der Waals surface area contributed by atoms with Crippen LogP contribution in [0.3, 0.4) is 0 Å². The van der Waals surface area contributed by atoms with Gasteiger partial charge in [-0.25, -0.2) is 0 Å². The number of carbonyl (C=O) groups excluding carboxylic acids is 2. The Bertz CT molecular complexity index is 511. The van der Waals surface area contributed by atoms with Crippen LogP contribution < -0.4 is 10.2 Å². The largest absolute Gasteiger partial charge is 0.416 e. The first-order valence-corrected chi connectivity index (χ1v) is 5.57. The van der Waals surface area contributed by atoms with Crippen molar-refractivity contribution in [3.63, 3.8) is 0 Å². The fraction of sp³-hybridized carbons (Fsp3) is 0.333. The van der Waals surface area contributed by atoms with Crippen LogP contribution in [0.5, 0.6) is 0 Å². The highest BCUT2D eigenvalue weighted by Gasteiger charge is 2.32. The van der Waals surface area contributed by atoms with Gasteiger partial charge < -0.3 is 10.2 Å². The molecule has 1 aliphatic rings. The summed E-state index contributed by atoms with van der Waals surface area (Å²) in [5, 5.41) is 2.45. The van der Waals surface area contributed by atoms with Gasteiger partial charge >= 0.3 is 6.18 Å². The van der Waals surface area contributed by atoms with Crippen molar-refractivity contribution in [2.24, 2.45) is 0 Å². The molecule has 0 aliphatic carbocycles. The Morgan fingerprint density at radius 3 is 2.32 bits per heavy atom. The van der Waals surface area contributed by atoms with E-state index in [-0.39, 0.29) is 24.0 Å². The molecule has 1 saturated heterocycles. The van der Waals surface area contributed by atoms with Crippen LogP contribution in [-0.4, -0.2) is 24.4 Å². The summed E-state index contributed by atoms with van der Waals surface area (Å²) in [7, 11) is 0. The summed E-state index contributed by atoms with van der Waals surface area (Å²) < 4.78 is 37.3. The Hall–Kier alpha value is -2.05. The highest BCUT2D eigenvalue weighted by atomic mass is 19.4. The van der Waals surface area contributed by atoms with Crippen molar-refractivity contribution in [3.8, 4) is 0 Å². The summed E-state index contributed by atoms with van der Waals surface area (Å²) in [5.41, 5.74) is -0.516. The number of nitrogens with zero attached hydrogens (tertiary/aromatic N) is 1. The number of hydrogen-bond donors (Lipinski definition) is 1. The van der Waals surface area contributed by atoms with Gasteiger partial charge in [0.05, 0.1) is 5.56 Å². The van der Waals surface area contributed by atoms with Gasteiger partial charge in [-0.15, -0.1) is 0 Å². The minimum Gasteiger partial charge on any atom is -0.343 e. The molecule has 0 bridgehead atoms. The lowest BCUT2D eigenvalue weighted by Gasteiger charge is -2.30. The van der Waals surface area contributed by atoms with Crippen molar-refractivity contribution in [1.82, 2.24) is 5.32 Å². The molecule has 0 saturated carbocycles. The number of nitrogens with one attached hydrogen (secondary N) is 1. The number of carbonyl (C=O) groups is 2. The van der Waals surface area contributed by atoms with Crippen LogP contribution in [0.1, 0.15) is 12.5 Å². The molecular formula is C12H11F3N2O2. The SMILES string of the molecule is CC1NC(=O)CN(c2ccc(C(F)(F)F)cc2)C1=O. The van der Waals surface area contributed by atoms with Crippen molar-refractivity contribution in [1.29, 1.82) is 0 Å². The fourth-order valence-corrected chi connectivity index (χ4v) is 1.85. The molecule has 1 aliphatic heterocycles. The predicted molar refractivity (Wildman–Crippen MR) is 61.4 cm³/mol. The van der Waals surface area contributed by atoms with Crippen molar-refractivity contribution in [2.75, 3.05) is 11.4 Å². The molecule has 4 nitrogen and oxygen atoms in total. The Morgan fingerprint density at radius 2 is 1.79 bits per heavy atom. The van der Waals surface area contributed by atoms with E-state index in [0.29, 0.717) is 0 Å². The van der Waals surface area contributed by atoms with Gasteiger partial charge in [-0.1, -0.05) is 0 Å². The second-order valence-electron chi connectivity index (χ2n) is 4.26. The fourth-order valence-electron chi connectivity index (χ4n) is 1.85. The number of amides is 2. The molecule has 1 heterocycles. The minimum atomic E-state index is -4.42. The summed E-state index contributed by atoms with van der Waals surface area (Å²) in [6, 6.07) is 3.47. The third-order valence-electron chi connectivity index (χ3n) is 2.82. The monoisotopic (exact) mass is 272 g/mol. The van der Waals surface area contributed by atoms with Gasteiger partial charge in [0.1, 0.15) is 12.6 Å². The molecular weight excluding hydrogens is 261 g/mol. The maximum absolute atomic E-state index is 12.4. The number of anilines is 1. The van der Waals surface area contributed by atoms with E-state index in [1.165, 1.54) is 24.0 Å². The topological polar surface area (TPSA) is 49.4 Å². The zero-order valence-corrected chi connectivity index (χ0v) is 9.99. The van der Waals surface area contributed by atoms with E-state index in [4.69, 9.17) is 0 Å². The molecule has 1 aromatic carbocycles. The maximum Gasteiger partial charge on any atom is 0.416 e. The van der Waals surface area contributed by atoms with E-state index in [9.17, 15) is 22.8 Å². The molecule has 0 radical (unpaired) electrons. The van der Waals surface area contributed by atoms with Crippen LogP contribution >= 0.6 is 0 Å².